The summed E-state index contributed by atoms with van der Waals surface area (Å²) in [6.45, 7) is 5.69. The number of carbonyl (C=O) groups excluding carboxylic acids is 1. The van der Waals surface area contributed by atoms with Gasteiger partial charge in [-0.15, -0.1) is 0 Å². The number of nitriles is 1. The van der Waals surface area contributed by atoms with Gasteiger partial charge in [-0.05, 0) is 63.2 Å². The van der Waals surface area contributed by atoms with E-state index in [0.717, 1.165) is 25.1 Å². The maximum Gasteiger partial charge on any atom is 0.334 e. The van der Waals surface area contributed by atoms with Crippen LogP contribution in [0, 0.1) is 17.2 Å². The second-order valence-electron chi connectivity index (χ2n) is 10.8. The molecule has 2 N–H and O–H groups in total. The van der Waals surface area contributed by atoms with Gasteiger partial charge >= 0.3 is 5.69 Å². The molecule has 0 spiro atoms. The quantitative estimate of drug-likeness (QED) is 0.240. The van der Waals surface area contributed by atoms with Crippen LogP contribution in [0.15, 0.2) is 60.0 Å². The van der Waals surface area contributed by atoms with Crippen LogP contribution in [0.3, 0.4) is 0 Å². The van der Waals surface area contributed by atoms with E-state index >= 15 is 0 Å². The Kier molecular flexibility index (Phi) is 8.45. The lowest BCUT2D eigenvalue weighted by molar-refractivity contribution is -0.111. The fraction of sp³-hybridized carbons (Fsp3) is 0.323. The van der Waals surface area contributed by atoms with Crippen molar-refractivity contribution in [3.8, 4) is 17.6 Å². The lowest BCUT2D eigenvalue weighted by atomic mass is 10.2. The lowest BCUT2D eigenvalue weighted by Crippen LogP contribution is -2.29. The largest absolute Gasteiger partial charge is 0.494 e. The number of fused-ring (bicyclic) bond motifs is 1. The molecule has 0 atom stereocenters. The summed E-state index contributed by atoms with van der Waals surface area (Å²) in [6.07, 6.45) is 4.95. The second kappa shape index (κ2) is 12.4. The first-order valence-corrected chi connectivity index (χ1v) is 14.0. The van der Waals surface area contributed by atoms with Crippen LogP contribution >= 0.6 is 0 Å². The van der Waals surface area contributed by atoms with E-state index in [-0.39, 0.29) is 17.5 Å². The highest BCUT2D eigenvalue weighted by Crippen LogP contribution is 2.38. The van der Waals surface area contributed by atoms with Crippen LogP contribution in [0.4, 0.5) is 23.0 Å². The van der Waals surface area contributed by atoms with Crippen LogP contribution < -0.4 is 26.0 Å². The number of amides is 1. The number of anilines is 4. The van der Waals surface area contributed by atoms with Crippen molar-refractivity contribution >= 4 is 40.0 Å². The Labute approximate surface area is 249 Å². The van der Waals surface area contributed by atoms with Crippen molar-refractivity contribution in [2.45, 2.75) is 19.4 Å². The van der Waals surface area contributed by atoms with Crippen LogP contribution in [0.5, 0.6) is 5.75 Å². The molecule has 1 aliphatic carbocycles. The minimum Gasteiger partial charge on any atom is -0.494 e. The van der Waals surface area contributed by atoms with Crippen molar-refractivity contribution < 1.29 is 9.53 Å². The van der Waals surface area contributed by atoms with Gasteiger partial charge in [0.25, 0.3) is 0 Å². The molecule has 0 aliphatic heterocycles. The molecular weight excluding hydrogens is 546 g/mol. The SMILES string of the molecule is C=CC(=O)Nc1cc(Nc2nccc(-n3c(=O)n(CC4CC4)c4cc(C#N)ccc43)n2)c(OC)cc1N(C)CCN(C)C. The maximum atomic E-state index is 13.7. The Hall–Kier alpha value is -5.15. The van der Waals surface area contributed by atoms with E-state index in [0.29, 0.717) is 58.5 Å². The minimum atomic E-state index is -0.349. The zero-order valence-corrected chi connectivity index (χ0v) is 24.8. The van der Waals surface area contributed by atoms with Crippen LogP contribution in [0.1, 0.15) is 18.4 Å². The van der Waals surface area contributed by atoms with Crippen molar-refractivity contribution in [2.24, 2.45) is 5.92 Å². The molecule has 1 fully saturated rings. The number of imidazole rings is 1. The third-order valence-corrected chi connectivity index (χ3v) is 7.37. The fourth-order valence-corrected chi connectivity index (χ4v) is 4.84. The van der Waals surface area contributed by atoms with Gasteiger partial charge in [0, 0.05) is 45.0 Å². The summed E-state index contributed by atoms with van der Waals surface area (Å²) in [6, 6.07) is 12.6. The Balaban J connectivity index is 1.54. The molecule has 12 heteroatoms. The van der Waals surface area contributed by atoms with E-state index in [1.165, 1.54) is 6.08 Å². The molecule has 1 amide bonds. The summed E-state index contributed by atoms with van der Waals surface area (Å²) in [5, 5.41) is 15.5. The van der Waals surface area contributed by atoms with Gasteiger partial charge in [0.1, 0.15) is 11.6 Å². The summed E-state index contributed by atoms with van der Waals surface area (Å²) in [7, 11) is 7.50. The molecule has 5 rings (SSSR count). The number of benzene rings is 2. The van der Waals surface area contributed by atoms with Crippen molar-refractivity contribution in [3.63, 3.8) is 0 Å². The van der Waals surface area contributed by atoms with Gasteiger partial charge in [-0.25, -0.2) is 14.3 Å². The highest BCUT2D eigenvalue weighted by atomic mass is 16.5. The topological polar surface area (TPSA) is 133 Å². The van der Waals surface area contributed by atoms with Gasteiger partial charge in [0.05, 0.1) is 46.8 Å². The number of ether oxygens (including phenoxy) is 1. The van der Waals surface area contributed by atoms with Gasteiger partial charge in [-0.1, -0.05) is 6.58 Å². The molecule has 2 aromatic heterocycles. The summed E-state index contributed by atoms with van der Waals surface area (Å²) < 4.78 is 8.98. The van der Waals surface area contributed by atoms with E-state index in [2.05, 4.69) is 38.1 Å². The number of hydrogen-bond donors (Lipinski definition) is 2. The smallest absolute Gasteiger partial charge is 0.334 e. The lowest BCUT2D eigenvalue weighted by Gasteiger charge is -2.26. The summed E-state index contributed by atoms with van der Waals surface area (Å²) in [4.78, 5) is 39.2. The summed E-state index contributed by atoms with van der Waals surface area (Å²) in [5.41, 5.74) is 3.46. The Bertz CT molecular complexity index is 1780. The zero-order valence-electron chi connectivity index (χ0n) is 24.8. The van der Waals surface area contributed by atoms with E-state index in [1.54, 1.807) is 52.8 Å². The third kappa shape index (κ3) is 6.37. The van der Waals surface area contributed by atoms with Crippen LogP contribution in [0.2, 0.25) is 0 Å². The molecule has 0 unspecified atom stereocenters. The average Bonchev–Trinajstić information content (AvgIpc) is 3.79. The molecule has 4 aromatic rings. The van der Waals surface area contributed by atoms with Crippen molar-refractivity contribution in [1.82, 2.24) is 24.0 Å². The normalized spacial score (nSPS) is 12.7. The van der Waals surface area contributed by atoms with Crippen molar-refractivity contribution in [1.29, 1.82) is 5.26 Å². The van der Waals surface area contributed by atoms with Crippen LogP contribution in [0.25, 0.3) is 16.9 Å². The molecule has 12 nitrogen and oxygen atoms in total. The molecule has 2 heterocycles. The first-order valence-electron chi connectivity index (χ1n) is 14.0. The highest BCUT2D eigenvalue weighted by molar-refractivity contribution is 6.02. The molecule has 2 aromatic carbocycles. The molecule has 222 valence electrons. The van der Waals surface area contributed by atoms with Crippen molar-refractivity contribution in [2.75, 3.05) is 56.9 Å². The molecule has 1 saturated carbocycles. The number of hydrogen-bond acceptors (Lipinski definition) is 9. The van der Waals surface area contributed by atoms with E-state index in [4.69, 9.17) is 4.74 Å². The number of rotatable bonds is 12. The number of nitrogens with zero attached hydrogens (tertiary/aromatic N) is 7. The number of aromatic nitrogens is 4. The summed E-state index contributed by atoms with van der Waals surface area (Å²) in [5.74, 6) is 1.23. The zero-order chi connectivity index (χ0) is 30.7. The number of nitrogens with one attached hydrogen (secondary N) is 2. The predicted molar refractivity (Wildman–Crippen MR) is 167 cm³/mol. The predicted octanol–water partition coefficient (Wildman–Crippen LogP) is 3.74. The maximum absolute atomic E-state index is 13.7. The monoisotopic (exact) mass is 581 g/mol. The standard InChI is InChI=1S/C31H35N9O3/c1-6-29(41)34-22-16-23(27(43-5)17-25(22)38(4)14-13-37(2)3)35-30-33-12-11-28(36-30)40-24-10-9-21(18-32)15-26(24)39(31(40)42)19-20-7-8-20/h6,9-12,15-17,20H,1,7-8,13-14,19H2,2-5H3,(H,34,41)(H,33,35,36). The van der Waals surface area contributed by atoms with Crippen molar-refractivity contribution in [3.05, 3.63) is 71.3 Å². The van der Waals surface area contributed by atoms with Gasteiger partial charge < -0.3 is 25.2 Å². The molecule has 0 bridgehead atoms. The average molecular weight is 582 g/mol. The van der Waals surface area contributed by atoms with Gasteiger partial charge in [-0.3, -0.25) is 9.36 Å². The van der Waals surface area contributed by atoms with Gasteiger partial charge in [0.15, 0.2) is 0 Å². The first kappa shape index (κ1) is 29.3. The van der Waals surface area contributed by atoms with E-state index in [9.17, 15) is 14.9 Å². The summed E-state index contributed by atoms with van der Waals surface area (Å²) >= 11 is 0. The molecule has 43 heavy (non-hydrogen) atoms. The van der Waals surface area contributed by atoms with Gasteiger partial charge in [0.2, 0.25) is 11.9 Å². The fourth-order valence-electron chi connectivity index (χ4n) is 4.84. The molecule has 0 radical (unpaired) electrons. The Morgan fingerprint density at radius 2 is 1.95 bits per heavy atom. The second-order valence-corrected chi connectivity index (χ2v) is 10.8. The molecular formula is C31H35N9O3. The first-order chi connectivity index (χ1) is 20.7. The van der Waals surface area contributed by atoms with E-state index in [1.807, 2.05) is 32.1 Å². The molecule has 0 saturated heterocycles. The number of carbonyl (C=O) groups is 1. The van der Waals surface area contributed by atoms with Crippen LogP contribution in [-0.2, 0) is 11.3 Å². The molecule has 1 aliphatic rings. The number of likely N-dealkylation sites (N-methyl/N-ethyl adjacent to an activating group) is 2. The van der Waals surface area contributed by atoms with E-state index < -0.39 is 0 Å². The number of methoxy groups -OCH3 is 1. The van der Waals surface area contributed by atoms with Gasteiger partial charge in [-0.2, -0.15) is 10.2 Å². The van der Waals surface area contributed by atoms with Crippen LogP contribution in [-0.4, -0.2) is 71.3 Å². The Morgan fingerprint density at radius 3 is 2.63 bits per heavy atom. The minimum absolute atomic E-state index is 0.223. The Morgan fingerprint density at radius 1 is 1.16 bits per heavy atom. The highest BCUT2D eigenvalue weighted by Gasteiger charge is 2.26. The third-order valence-electron chi connectivity index (χ3n) is 7.37.